The first-order chi connectivity index (χ1) is 16.0. The lowest BCUT2D eigenvalue weighted by molar-refractivity contribution is -0.130. The zero-order chi connectivity index (χ0) is 22.9. The maximum atomic E-state index is 12.9. The van der Waals surface area contributed by atoms with Crippen LogP contribution >= 0.6 is 11.3 Å². The largest absolute Gasteiger partial charge is 0.352 e. The SMILES string of the molecule is CC[C@H](C)c1nc(N2CCN(C(=O)Cc3ccccc3)CC2)c2c3c(sc2n1)C[C@@H](C)CC3. The van der Waals surface area contributed by atoms with Gasteiger partial charge in [-0.2, -0.15) is 0 Å². The van der Waals surface area contributed by atoms with Crippen LogP contribution in [0.2, 0.25) is 0 Å². The molecule has 3 heterocycles. The average Bonchev–Trinajstić information content (AvgIpc) is 3.21. The van der Waals surface area contributed by atoms with Crippen LogP contribution in [0.5, 0.6) is 0 Å². The number of nitrogens with zero attached hydrogens (tertiary/aromatic N) is 4. The van der Waals surface area contributed by atoms with Crippen LogP contribution in [0.15, 0.2) is 30.3 Å². The third kappa shape index (κ3) is 4.50. The Morgan fingerprint density at radius 1 is 1.15 bits per heavy atom. The van der Waals surface area contributed by atoms with Gasteiger partial charge in [0, 0.05) is 37.0 Å². The van der Waals surface area contributed by atoms with Gasteiger partial charge in [0.15, 0.2) is 0 Å². The predicted octanol–water partition coefficient (Wildman–Crippen LogP) is 5.22. The standard InChI is InChI=1S/C27H34N4OS/c1-4-19(3)25-28-26(24-21-11-10-18(2)16-22(21)33-27(24)29-25)31-14-12-30(13-15-31)23(32)17-20-8-6-5-7-9-20/h5-9,18-19H,4,10-17H2,1-3H3/t18-,19-/m0/s1. The Morgan fingerprint density at radius 2 is 1.91 bits per heavy atom. The molecule has 5 nitrogen and oxygen atoms in total. The lowest BCUT2D eigenvalue weighted by Crippen LogP contribution is -2.49. The summed E-state index contributed by atoms with van der Waals surface area (Å²) < 4.78 is 0. The quantitative estimate of drug-likeness (QED) is 0.522. The number of hydrogen-bond acceptors (Lipinski definition) is 5. The number of fused-ring (bicyclic) bond motifs is 3. The summed E-state index contributed by atoms with van der Waals surface area (Å²) in [5, 5.41) is 1.29. The second kappa shape index (κ2) is 9.41. The van der Waals surface area contributed by atoms with E-state index in [1.807, 2.05) is 46.6 Å². The Bertz CT molecular complexity index is 1130. The van der Waals surface area contributed by atoms with Gasteiger partial charge in [-0.15, -0.1) is 11.3 Å². The molecule has 2 aromatic heterocycles. The molecular formula is C27H34N4OS. The Kier molecular flexibility index (Phi) is 6.37. The number of anilines is 1. The molecule has 5 rings (SSSR count). The van der Waals surface area contributed by atoms with Crippen LogP contribution < -0.4 is 4.90 Å². The molecule has 6 heteroatoms. The number of hydrogen-bond donors (Lipinski definition) is 0. The van der Waals surface area contributed by atoms with E-state index < -0.39 is 0 Å². The Morgan fingerprint density at radius 3 is 2.64 bits per heavy atom. The fraction of sp³-hybridized carbons (Fsp3) is 0.519. The summed E-state index contributed by atoms with van der Waals surface area (Å²) >= 11 is 1.89. The van der Waals surface area contributed by atoms with Gasteiger partial charge in [0.05, 0.1) is 11.8 Å². The van der Waals surface area contributed by atoms with E-state index in [1.54, 1.807) is 0 Å². The first-order valence-electron chi connectivity index (χ1n) is 12.4. The van der Waals surface area contributed by atoms with Gasteiger partial charge >= 0.3 is 0 Å². The first-order valence-corrected chi connectivity index (χ1v) is 13.2. The third-order valence-electron chi connectivity index (χ3n) is 7.34. The number of amides is 1. The molecule has 0 bridgehead atoms. The monoisotopic (exact) mass is 462 g/mol. The van der Waals surface area contributed by atoms with Crippen LogP contribution in [0.3, 0.4) is 0 Å². The number of carbonyl (C=O) groups is 1. The number of aromatic nitrogens is 2. The van der Waals surface area contributed by atoms with Crippen LogP contribution in [-0.4, -0.2) is 47.0 Å². The molecule has 1 aliphatic carbocycles. The second-order valence-electron chi connectivity index (χ2n) is 9.78. The molecule has 0 unspecified atom stereocenters. The predicted molar refractivity (Wildman–Crippen MR) is 136 cm³/mol. The number of aryl methyl sites for hydroxylation is 1. The minimum Gasteiger partial charge on any atom is -0.352 e. The smallest absolute Gasteiger partial charge is 0.227 e. The molecule has 2 aliphatic rings. The Balaban J connectivity index is 1.40. The normalized spacial score (nSPS) is 19.5. The summed E-state index contributed by atoms with van der Waals surface area (Å²) in [5.74, 6) is 3.39. The van der Waals surface area contributed by atoms with Crippen molar-refractivity contribution in [3.63, 3.8) is 0 Å². The van der Waals surface area contributed by atoms with Gasteiger partial charge in [0.2, 0.25) is 5.91 Å². The van der Waals surface area contributed by atoms with Crippen molar-refractivity contribution < 1.29 is 4.79 Å². The summed E-state index contributed by atoms with van der Waals surface area (Å²) in [7, 11) is 0. The van der Waals surface area contributed by atoms with E-state index in [0.29, 0.717) is 12.3 Å². The number of thiophene rings is 1. The van der Waals surface area contributed by atoms with Gasteiger partial charge in [0.1, 0.15) is 16.5 Å². The Hall–Kier alpha value is -2.47. The third-order valence-corrected chi connectivity index (χ3v) is 8.48. The molecule has 0 N–H and O–H groups in total. The van der Waals surface area contributed by atoms with E-state index in [-0.39, 0.29) is 5.91 Å². The van der Waals surface area contributed by atoms with Crippen LogP contribution in [0, 0.1) is 5.92 Å². The van der Waals surface area contributed by atoms with Crippen molar-refractivity contribution in [1.82, 2.24) is 14.9 Å². The van der Waals surface area contributed by atoms with Crippen LogP contribution in [0.25, 0.3) is 10.2 Å². The lowest BCUT2D eigenvalue weighted by Gasteiger charge is -2.36. The molecule has 1 amide bonds. The molecule has 3 aromatic rings. The fourth-order valence-corrected chi connectivity index (χ4v) is 6.41. The van der Waals surface area contributed by atoms with Crippen molar-refractivity contribution in [2.24, 2.45) is 5.92 Å². The molecular weight excluding hydrogens is 428 g/mol. The van der Waals surface area contributed by atoms with Crippen molar-refractivity contribution in [1.29, 1.82) is 0 Å². The zero-order valence-electron chi connectivity index (χ0n) is 20.0. The first kappa shape index (κ1) is 22.3. The maximum absolute atomic E-state index is 12.9. The van der Waals surface area contributed by atoms with Crippen LogP contribution in [0.1, 0.15) is 61.4 Å². The minimum atomic E-state index is 0.218. The molecule has 0 spiro atoms. The van der Waals surface area contributed by atoms with Gasteiger partial charge in [0.25, 0.3) is 0 Å². The maximum Gasteiger partial charge on any atom is 0.227 e. The number of benzene rings is 1. The summed E-state index contributed by atoms with van der Waals surface area (Å²) in [6.07, 6.45) is 5.05. The average molecular weight is 463 g/mol. The fourth-order valence-electron chi connectivity index (χ4n) is 5.02. The van der Waals surface area contributed by atoms with Crippen molar-refractivity contribution in [3.05, 3.63) is 52.2 Å². The van der Waals surface area contributed by atoms with Gasteiger partial charge < -0.3 is 9.80 Å². The number of carbonyl (C=O) groups excluding carboxylic acids is 1. The van der Waals surface area contributed by atoms with Gasteiger partial charge in [-0.25, -0.2) is 9.97 Å². The van der Waals surface area contributed by atoms with E-state index >= 15 is 0 Å². The number of piperazine rings is 1. The van der Waals surface area contributed by atoms with E-state index in [2.05, 4.69) is 25.7 Å². The highest BCUT2D eigenvalue weighted by molar-refractivity contribution is 7.19. The number of rotatable bonds is 5. The molecule has 33 heavy (non-hydrogen) atoms. The van der Waals surface area contributed by atoms with Gasteiger partial charge in [-0.3, -0.25) is 4.79 Å². The van der Waals surface area contributed by atoms with Crippen molar-refractivity contribution in [2.75, 3.05) is 31.1 Å². The molecule has 1 aromatic carbocycles. The summed E-state index contributed by atoms with van der Waals surface area (Å²) in [6, 6.07) is 10.0. The second-order valence-corrected chi connectivity index (χ2v) is 10.9. The van der Waals surface area contributed by atoms with Crippen LogP contribution in [0.4, 0.5) is 5.82 Å². The highest BCUT2D eigenvalue weighted by Crippen LogP contribution is 2.41. The molecule has 1 fully saturated rings. The summed E-state index contributed by atoms with van der Waals surface area (Å²) in [6.45, 7) is 9.94. The molecule has 1 aliphatic heterocycles. The molecule has 2 atom stereocenters. The summed E-state index contributed by atoms with van der Waals surface area (Å²) in [4.78, 5) is 30.2. The van der Waals surface area contributed by atoms with E-state index in [9.17, 15) is 4.79 Å². The molecule has 1 saturated heterocycles. The van der Waals surface area contributed by atoms with Crippen molar-refractivity contribution in [2.45, 2.75) is 58.8 Å². The topological polar surface area (TPSA) is 49.3 Å². The summed E-state index contributed by atoms with van der Waals surface area (Å²) in [5.41, 5.74) is 2.57. The highest BCUT2D eigenvalue weighted by atomic mass is 32.1. The van der Waals surface area contributed by atoms with Crippen molar-refractivity contribution in [3.8, 4) is 0 Å². The Labute approximate surface area is 200 Å². The van der Waals surface area contributed by atoms with Gasteiger partial charge in [-0.05, 0) is 42.7 Å². The van der Waals surface area contributed by atoms with Gasteiger partial charge in [-0.1, -0.05) is 51.1 Å². The highest BCUT2D eigenvalue weighted by Gasteiger charge is 2.29. The van der Waals surface area contributed by atoms with Crippen LogP contribution in [-0.2, 0) is 24.1 Å². The molecule has 174 valence electrons. The van der Waals surface area contributed by atoms with E-state index in [0.717, 1.165) is 73.4 Å². The van der Waals surface area contributed by atoms with E-state index in [4.69, 9.17) is 9.97 Å². The minimum absolute atomic E-state index is 0.218. The lowest BCUT2D eigenvalue weighted by atomic mass is 9.89. The van der Waals surface area contributed by atoms with Crippen molar-refractivity contribution >= 4 is 33.3 Å². The zero-order valence-corrected chi connectivity index (χ0v) is 20.8. The molecule has 0 radical (unpaired) electrons. The van der Waals surface area contributed by atoms with E-state index in [1.165, 1.54) is 22.2 Å². The molecule has 0 saturated carbocycles.